The summed E-state index contributed by atoms with van der Waals surface area (Å²) in [6.45, 7) is 0. The van der Waals surface area contributed by atoms with Gasteiger partial charge in [0.1, 0.15) is 0 Å². The van der Waals surface area contributed by atoms with Gasteiger partial charge in [-0.05, 0) is 41.8 Å². The maximum atomic E-state index is 13.1. The molecule has 1 aliphatic carbocycles. The number of benzene rings is 1. The van der Waals surface area contributed by atoms with Crippen molar-refractivity contribution in [1.29, 1.82) is 0 Å². The summed E-state index contributed by atoms with van der Waals surface area (Å²) in [7, 11) is 1.90. The Balaban J connectivity index is 1.66. The number of carbonyl (C=O) groups is 1. The molecule has 1 unspecified atom stereocenters. The Labute approximate surface area is 145 Å². The zero-order chi connectivity index (χ0) is 16.5. The Bertz CT molecular complexity index is 853. The Kier molecular flexibility index (Phi) is 3.94. The molecule has 3 aromatic rings. The first kappa shape index (κ1) is 15.1. The van der Waals surface area contributed by atoms with Crippen LogP contribution in [0.3, 0.4) is 0 Å². The van der Waals surface area contributed by atoms with Crippen LogP contribution in [-0.2, 0) is 6.42 Å². The highest BCUT2D eigenvalue weighted by Gasteiger charge is 2.29. The number of hydrogen-bond donors (Lipinski definition) is 1. The number of carbonyl (C=O) groups excluding carboxylic acids is 1. The van der Waals surface area contributed by atoms with Crippen LogP contribution >= 0.6 is 11.3 Å². The number of thiophene rings is 1. The van der Waals surface area contributed by atoms with Gasteiger partial charge in [0.25, 0.3) is 5.91 Å². The molecule has 2 heterocycles. The van der Waals surface area contributed by atoms with Gasteiger partial charge in [0.2, 0.25) is 0 Å². The topological polar surface area (TPSA) is 49.0 Å². The minimum absolute atomic E-state index is 0.0221. The number of fused-ring (bicyclic) bond motifs is 1. The minimum atomic E-state index is 0.0221. The highest BCUT2D eigenvalue weighted by Crippen LogP contribution is 2.35. The first-order chi connectivity index (χ1) is 11.8. The van der Waals surface area contributed by atoms with Crippen molar-refractivity contribution in [3.8, 4) is 10.6 Å². The van der Waals surface area contributed by atoms with Gasteiger partial charge < -0.3 is 4.90 Å². The van der Waals surface area contributed by atoms with Crippen molar-refractivity contribution in [3.63, 3.8) is 0 Å². The third-order valence-electron chi connectivity index (χ3n) is 4.76. The Hall–Kier alpha value is -2.40. The maximum absolute atomic E-state index is 13.1. The van der Waals surface area contributed by atoms with Gasteiger partial charge in [0.05, 0.1) is 28.4 Å². The van der Waals surface area contributed by atoms with Crippen LogP contribution in [0.2, 0.25) is 0 Å². The average Bonchev–Trinajstić information content (AvgIpc) is 3.30. The number of rotatable bonds is 3. The molecule has 0 saturated heterocycles. The number of nitrogens with zero attached hydrogens (tertiary/aromatic N) is 2. The summed E-state index contributed by atoms with van der Waals surface area (Å²) < 4.78 is 0. The van der Waals surface area contributed by atoms with E-state index in [4.69, 9.17) is 0 Å². The monoisotopic (exact) mass is 337 g/mol. The van der Waals surface area contributed by atoms with Gasteiger partial charge in [-0.1, -0.05) is 30.3 Å². The van der Waals surface area contributed by atoms with E-state index in [1.54, 1.807) is 17.5 Å². The molecule has 0 bridgehead atoms. The molecule has 0 radical (unpaired) electrons. The molecule has 1 aromatic carbocycles. The SMILES string of the molecule is CN(C(=O)c1cn[nH]c1-c1cccs1)C1CCCc2ccccc21. The van der Waals surface area contributed by atoms with Crippen LogP contribution in [0, 0.1) is 0 Å². The van der Waals surface area contributed by atoms with Gasteiger partial charge in [0, 0.05) is 7.05 Å². The van der Waals surface area contributed by atoms with E-state index < -0.39 is 0 Å². The van der Waals surface area contributed by atoms with E-state index in [1.165, 1.54) is 11.1 Å². The van der Waals surface area contributed by atoms with Crippen LogP contribution in [0.15, 0.2) is 48.0 Å². The molecule has 0 aliphatic heterocycles. The van der Waals surface area contributed by atoms with Crippen molar-refractivity contribution in [2.45, 2.75) is 25.3 Å². The number of aromatic nitrogens is 2. The summed E-state index contributed by atoms with van der Waals surface area (Å²) in [6.07, 6.45) is 4.86. The lowest BCUT2D eigenvalue weighted by Gasteiger charge is -2.33. The first-order valence-electron chi connectivity index (χ1n) is 8.18. The van der Waals surface area contributed by atoms with Gasteiger partial charge in [-0.2, -0.15) is 5.10 Å². The van der Waals surface area contributed by atoms with Gasteiger partial charge >= 0.3 is 0 Å². The van der Waals surface area contributed by atoms with Crippen LogP contribution in [0.25, 0.3) is 10.6 Å². The second kappa shape index (κ2) is 6.24. The zero-order valence-corrected chi connectivity index (χ0v) is 14.3. The van der Waals surface area contributed by atoms with Crippen molar-refractivity contribution < 1.29 is 4.79 Å². The number of aryl methyl sites for hydroxylation is 1. The van der Waals surface area contributed by atoms with Gasteiger partial charge in [0.15, 0.2) is 0 Å². The summed E-state index contributed by atoms with van der Waals surface area (Å²) >= 11 is 1.61. The molecule has 2 aromatic heterocycles. The molecule has 0 spiro atoms. The number of H-pyrrole nitrogens is 1. The van der Waals surface area contributed by atoms with Crippen molar-refractivity contribution in [2.75, 3.05) is 7.05 Å². The minimum Gasteiger partial charge on any atom is -0.335 e. The molecule has 0 fully saturated rings. The third kappa shape index (κ3) is 2.55. The highest BCUT2D eigenvalue weighted by molar-refractivity contribution is 7.13. The number of amides is 1. The van der Waals surface area contributed by atoms with E-state index in [9.17, 15) is 4.79 Å². The lowest BCUT2D eigenvalue weighted by Crippen LogP contribution is -2.33. The highest BCUT2D eigenvalue weighted by atomic mass is 32.1. The van der Waals surface area contributed by atoms with Crippen LogP contribution in [-0.4, -0.2) is 28.1 Å². The summed E-state index contributed by atoms with van der Waals surface area (Å²) in [5.74, 6) is 0.0221. The Morgan fingerprint density at radius 2 is 2.17 bits per heavy atom. The molecule has 24 heavy (non-hydrogen) atoms. The smallest absolute Gasteiger partial charge is 0.257 e. The van der Waals surface area contributed by atoms with Crippen molar-refractivity contribution in [2.24, 2.45) is 0 Å². The molecule has 1 N–H and O–H groups in total. The fourth-order valence-corrected chi connectivity index (χ4v) is 4.25. The maximum Gasteiger partial charge on any atom is 0.257 e. The summed E-state index contributed by atoms with van der Waals surface area (Å²) in [5, 5.41) is 9.09. The van der Waals surface area contributed by atoms with E-state index in [1.807, 2.05) is 29.5 Å². The zero-order valence-electron chi connectivity index (χ0n) is 13.5. The Morgan fingerprint density at radius 1 is 1.29 bits per heavy atom. The molecular formula is C19H19N3OS. The van der Waals surface area contributed by atoms with Crippen LogP contribution in [0.5, 0.6) is 0 Å². The second-order valence-electron chi connectivity index (χ2n) is 6.16. The van der Waals surface area contributed by atoms with E-state index in [-0.39, 0.29) is 11.9 Å². The van der Waals surface area contributed by atoms with Crippen molar-refractivity contribution >= 4 is 17.2 Å². The van der Waals surface area contributed by atoms with Crippen LogP contribution in [0.1, 0.15) is 40.4 Å². The fourth-order valence-electron chi connectivity index (χ4n) is 3.52. The van der Waals surface area contributed by atoms with E-state index in [0.717, 1.165) is 29.8 Å². The first-order valence-corrected chi connectivity index (χ1v) is 9.06. The van der Waals surface area contributed by atoms with E-state index in [0.29, 0.717) is 5.56 Å². The standard InChI is InChI=1S/C19H19N3OS/c1-22(16-9-4-7-13-6-2-3-8-14(13)16)19(23)15-12-20-21-18(15)17-10-5-11-24-17/h2-3,5-6,8,10-12,16H,4,7,9H2,1H3,(H,20,21). The quantitative estimate of drug-likeness (QED) is 0.775. The normalized spacial score (nSPS) is 16.6. The molecule has 0 saturated carbocycles. The van der Waals surface area contributed by atoms with Gasteiger partial charge in [-0.15, -0.1) is 11.3 Å². The average molecular weight is 337 g/mol. The molecule has 1 amide bonds. The predicted octanol–water partition coefficient (Wildman–Crippen LogP) is 4.29. The summed E-state index contributed by atoms with van der Waals surface area (Å²) in [4.78, 5) is 16.0. The largest absolute Gasteiger partial charge is 0.335 e. The molecule has 1 atom stereocenters. The summed E-state index contributed by atoms with van der Waals surface area (Å²) in [5.41, 5.74) is 4.09. The second-order valence-corrected chi connectivity index (χ2v) is 7.11. The third-order valence-corrected chi connectivity index (χ3v) is 5.65. The molecule has 4 nitrogen and oxygen atoms in total. The van der Waals surface area contributed by atoms with Crippen molar-refractivity contribution in [3.05, 3.63) is 64.7 Å². The Morgan fingerprint density at radius 3 is 3.00 bits per heavy atom. The van der Waals surface area contributed by atoms with E-state index >= 15 is 0 Å². The number of aromatic amines is 1. The molecule has 122 valence electrons. The number of nitrogens with one attached hydrogen (secondary N) is 1. The van der Waals surface area contributed by atoms with Gasteiger partial charge in [-0.25, -0.2) is 0 Å². The lowest BCUT2D eigenvalue weighted by atomic mass is 9.87. The van der Waals surface area contributed by atoms with Gasteiger partial charge in [-0.3, -0.25) is 9.89 Å². The van der Waals surface area contributed by atoms with E-state index in [2.05, 4.69) is 34.5 Å². The molecule has 5 heteroatoms. The predicted molar refractivity (Wildman–Crippen MR) is 96.1 cm³/mol. The number of hydrogen-bond acceptors (Lipinski definition) is 3. The molecular weight excluding hydrogens is 318 g/mol. The van der Waals surface area contributed by atoms with Crippen LogP contribution < -0.4 is 0 Å². The lowest BCUT2D eigenvalue weighted by molar-refractivity contribution is 0.0716. The fraction of sp³-hybridized carbons (Fsp3) is 0.263. The molecule has 4 rings (SSSR count). The summed E-state index contributed by atoms with van der Waals surface area (Å²) in [6, 6.07) is 12.6. The van der Waals surface area contributed by atoms with Crippen LogP contribution in [0.4, 0.5) is 0 Å². The van der Waals surface area contributed by atoms with Crippen molar-refractivity contribution in [1.82, 2.24) is 15.1 Å². The molecule has 1 aliphatic rings.